The maximum atomic E-state index is 13.2. The van der Waals surface area contributed by atoms with Crippen molar-refractivity contribution in [1.29, 1.82) is 0 Å². The zero-order valence-corrected chi connectivity index (χ0v) is 23.2. The monoisotopic (exact) mass is 527 g/mol. The molecule has 3 aromatic carbocycles. The molecule has 5 rings (SSSR count). The fourth-order valence-corrected chi connectivity index (χ4v) is 6.42. The Balaban J connectivity index is 1.47. The minimum Gasteiger partial charge on any atom is -0.379 e. The van der Waals surface area contributed by atoms with E-state index in [0.29, 0.717) is 5.39 Å². The minimum atomic E-state index is -4.02. The second-order valence-corrected chi connectivity index (χ2v) is 13.0. The maximum absolute atomic E-state index is 13.2. The van der Waals surface area contributed by atoms with Gasteiger partial charge in [-0.05, 0) is 73.5 Å². The van der Waals surface area contributed by atoms with E-state index in [1.807, 2.05) is 60.8 Å². The molecule has 0 fully saturated rings. The summed E-state index contributed by atoms with van der Waals surface area (Å²) in [5.74, 6) is 1.14. The van der Waals surface area contributed by atoms with Crippen LogP contribution in [-0.2, 0) is 10.1 Å². The lowest BCUT2D eigenvalue weighted by molar-refractivity contribution is 0.302. The first-order valence-corrected chi connectivity index (χ1v) is 14.1. The molecule has 0 saturated carbocycles. The predicted octanol–water partition coefficient (Wildman–Crippen LogP) is 7.55. The standard InChI is InChI=1S/C31H33N3O3S/c1-30(2,3)21-31(4,5)33-29-28(32-27-15-8-9-20-34(27)29)23-16-18-24(19-17-23)37-38(35,36)26-14-10-12-22-11-6-7-13-25(22)26/h6-20,33H,21H2,1-5H3. The van der Waals surface area contributed by atoms with Crippen LogP contribution in [0.15, 0.2) is 96.0 Å². The summed E-state index contributed by atoms with van der Waals surface area (Å²) in [6, 6.07) is 25.5. The molecule has 0 saturated heterocycles. The van der Waals surface area contributed by atoms with Gasteiger partial charge in [-0.1, -0.05) is 63.2 Å². The first-order chi connectivity index (χ1) is 17.9. The molecule has 0 aliphatic rings. The van der Waals surface area contributed by atoms with E-state index in [2.05, 4.69) is 44.3 Å². The number of fused-ring (bicyclic) bond motifs is 2. The first-order valence-electron chi connectivity index (χ1n) is 12.7. The maximum Gasteiger partial charge on any atom is 0.339 e. The zero-order valence-electron chi connectivity index (χ0n) is 22.4. The van der Waals surface area contributed by atoms with Gasteiger partial charge in [0.15, 0.2) is 0 Å². The third-order valence-corrected chi connectivity index (χ3v) is 7.62. The van der Waals surface area contributed by atoms with Crippen molar-refractivity contribution in [2.75, 3.05) is 5.32 Å². The van der Waals surface area contributed by atoms with Gasteiger partial charge in [-0.3, -0.25) is 4.40 Å². The van der Waals surface area contributed by atoms with Crippen molar-refractivity contribution in [2.45, 2.75) is 51.5 Å². The van der Waals surface area contributed by atoms with Crippen LogP contribution >= 0.6 is 0 Å². The van der Waals surface area contributed by atoms with Crippen LogP contribution < -0.4 is 9.50 Å². The Morgan fingerprint density at radius 3 is 2.26 bits per heavy atom. The van der Waals surface area contributed by atoms with Gasteiger partial charge in [-0.15, -0.1) is 0 Å². The zero-order chi connectivity index (χ0) is 27.1. The number of rotatable bonds is 7. The number of pyridine rings is 1. The molecule has 5 aromatic rings. The van der Waals surface area contributed by atoms with Crippen molar-refractivity contribution in [3.05, 3.63) is 91.1 Å². The molecule has 6 nitrogen and oxygen atoms in total. The molecular weight excluding hydrogens is 494 g/mol. The van der Waals surface area contributed by atoms with Crippen LogP contribution in [-0.4, -0.2) is 23.3 Å². The summed E-state index contributed by atoms with van der Waals surface area (Å²) in [6.45, 7) is 11.1. The summed E-state index contributed by atoms with van der Waals surface area (Å²) in [5.41, 5.74) is 2.44. The molecule has 7 heteroatoms. The minimum absolute atomic E-state index is 0.145. The van der Waals surface area contributed by atoms with Crippen molar-refractivity contribution in [1.82, 2.24) is 9.38 Å². The Bertz CT molecular complexity index is 1710. The second-order valence-electron chi connectivity index (χ2n) is 11.5. The normalized spacial score (nSPS) is 12.7. The average Bonchev–Trinajstić information content (AvgIpc) is 3.20. The number of hydrogen-bond donors (Lipinski definition) is 1. The van der Waals surface area contributed by atoms with Gasteiger partial charge in [0.25, 0.3) is 0 Å². The van der Waals surface area contributed by atoms with Crippen LogP contribution in [0.25, 0.3) is 27.7 Å². The largest absolute Gasteiger partial charge is 0.379 e. The molecule has 0 bridgehead atoms. The van der Waals surface area contributed by atoms with Gasteiger partial charge in [0.05, 0.1) is 0 Å². The van der Waals surface area contributed by atoms with E-state index in [4.69, 9.17) is 9.17 Å². The van der Waals surface area contributed by atoms with E-state index in [0.717, 1.165) is 34.5 Å². The second kappa shape index (κ2) is 9.48. The Morgan fingerprint density at radius 2 is 1.53 bits per heavy atom. The van der Waals surface area contributed by atoms with Crippen molar-refractivity contribution in [3.63, 3.8) is 0 Å². The third-order valence-electron chi connectivity index (χ3n) is 6.31. The highest BCUT2D eigenvalue weighted by Gasteiger charge is 2.28. The fourth-order valence-electron chi connectivity index (χ4n) is 5.26. The van der Waals surface area contributed by atoms with Crippen molar-refractivity contribution in [3.8, 4) is 17.0 Å². The van der Waals surface area contributed by atoms with Crippen LogP contribution in [0, 0.1) is 5.41 Å². The Morgan fingerprint density at radius 1 is 0.842 bits per heavy atom. The molecule has 0 unspecified atom stereocenters. The lowest BCUT2D eigenvalue weighted by atomic mass is 9.82. The van der Waals surface area contributed by atoms with Gasteiger partial charge in [0.1, 0.15) is 27.8 Å². The molecule has 0 aliphatic carbocycles. The summed E-state index contributed by atoms with van der Waals surface area (Å²) in [4.78, 5) is 5.04. The lowest BCUT2D eigenvalue weighted by Gasteiger charge is -2.34. The van der Waals surface area contributed by atoms with Crippen LogP contribution in [0.5, 0.6) is 5.75 Å². The van der Waals surface area contributed by atoms with Crippen molar-refractivity contribution >= 4 is 32.4 Å². The van der Waals surface area contributed by atoms with E-state index in [1.165, 1.54) is 0 Å². The van der Waals surface area contributed by atoms with Gasteiger partial charge >= 0.3 is 10.1 Å². The SMILES string of the molecule is CC(C)(C)CC(C)(C)Nc1c(-c2ccc(OS(=O)(=O)c3cccc4ccccc34)cc2)nc2ccccn12. The number of anilines is 1. The number of hydrogen-bond acceptors (Lipinski definition) is 5. The number of nitrogens with zero attached hydrogens (tertiary/aromatic N) is 2. The van der Waals surface area contributed by atoms with Gasteiger partial charge in [-0.2, -0.15) is 8.42 Å². The van der Waals surface area contributed by atoms with Gasteiger partial charge in [0.2, 0.25) is 0 Å². The highest BCUT2D eigenvalue weighted by Crippen LogP contribution is 2.35. The molecule has 2 aromatic heterocycles. The van der Waals surface area contributed by atoms with Gasteiger partial charge in [0, 0.05) is 22.7 Å². The smallest absolute Gasteiger partial charge is 0.339 e. The molecule has 196 valence electrons. The molecular formula is C31H33N3O3S. The number of imidazole rings is 1. The van der Waals surface area contributed by atoms with Crippen molar-refractivity contribution in [2.24, 2.45) is 5.41 Å². The van der Waals surface area contributed by atoms with E-state index in [1.54, 1.807) is 30.3 Å². The first kappa shape index (κ1) is 25.8. The molecule has 0 atom stereocenters. The molecule has 2 heterocycles. The topological polar surface area (TPSA) is 72.7 Å². The third kappa shape index (κ3) is 5.38. The summed E-state index contributed by atoms with van der Waals surface area (Å²) >= 11 is 0. The predicted molar refractivity (Wildman–Crippen MR) is 154 cm³/mol. The number of aromatic nitrogens is 2. The van der Waals surface area contributed by atoms with E-state index in [-0.39, 0.29) is 21.6 Å². The molecule has 0 radical (unpaired) electrons. The lowest BCUT2D eigenvalue weighted by Crippen LogP contribution is -2.36. The van der Waals surface area contributed by atoms with Gasteiger partial charge in [-0.25, -0.2) is 4.98 Å². The molecule has 0 aliphatic heterocycles. The Kier molecular flexibility index (Phi) is 6.43. The van der Waals surface area contributed by atoms with E-state index in [9.17, 15) is 8.42 Å². The highest BCUT2D eigenvalue weighted by molar-refractivity contribution is 7.87. The average molecular weight is 528 g/mol. The summed E-state index contributed by atoms with van der Waals surface area (Å²) in [6.07, 6.45) is 2.95. The molecule has 0 spiro atoms. The van der Waals surface area contributed by atoms with E-state index >= 15 is 0 Å². The number of nitrogens with one attached hydrogen (secondary N) is 1. The summed E-state index contributed by atoms with van der Waals surface area (Å²) in [7, 11) is -4.02. The van der Waals surface area contributed by atoms with Crippen molar-refractivity contribution < 1.29 is 12.6 Å². The number of benzene rings is 3. The summed E-state index contributed by atoms with van der Waals surface area (Å²) < 4.78 is 33.9. The highest BCUT2D eigenvalue weighted by atomic mass is 32.2. The molecule has 38 heavy (non-hydrogen) atoms. The molecule has 1 N–H and O–H groups in total. The van der Waals surface area contributed by atoms with E-state index < -0.39 is 10.1 Å². The van der Waals surface area contributed by atoms with Gasteiger partial charge < -0.3 is 9.50 Å². The van der Waals surface area contributed by atoms with Crippen LogP contribution in [0.3, 0.4) is 0 Å². The summed E-state index contributed by atoms with van der Waals surface area (Å²) in [5, 5.41) is 5.20. The Hall–Kier alpha value is -3.84. The molecule has 0 amide bonds. The van der Waals surface area contributed by atoms with Crippen LogP contribution in [0.2, 0.25) is 0 Å². The Labute approximate surface area is 224 Å². The van der Waals surface area contributed by atoms with Crippen LogP contribution in [0.1, 0.15) is 41.0 Å². The quantitative estimate of drug-likeness (QED) is 0.221. The fraction of sp³-hybridized carbons (Fsp3) is 0.258. The van der Waals surface area contributed by atoms with Crippen LogP contribution in [0.4, 0.5) is 5.82 Å².